The molecule has 1 aromatic heterocycles. The second-order valence-electron chi connectivity index (χ2n) is 9.34. The van der Waals surface area contributed by atoms with Gasteiger partial charge in [-0.05, 0) is 63.6 Å². The van der Waals surface area contributed by atoms with E-state index in [1.807, 2.05) is 62.4 Å². The van der Waals surface area contributed by atoms with E-state index in [9.17, 15) is 14.7 Å². The molecule has 0 saturated heterocycles. The molecule has 158 valence electrons. The quantitative estimate of drug-likeness (QED) is 0.627. The molecule has 2 fully saturated rings. The number of carboxylic acids is 1. The summed E-state index contributed by atoms with van der Waals surface area (Å²) in [6.45, 7) is 3.96. The molecule has 31 heavy (non-hydrogen) atoms. The molecule has 2 aromatic carbocycles. The van der Waals surface area contributed by atoms with Crippen LogP contribution in [0.25, 0.3) is 22.2 Å². The van der Waals surface area contributed by atoms with Gasteiger partial charge in [0.2, 0.25) is 0 Å². The summed E-state index contributed by atoms with van der Waals surface area (Å²) < 4.78 is 0. The number of aryl methyl sites for hydroxylation is 1. The highest BCUT2D eigenvalue weighted by atomic mass is 16.4. The van der Waals surface area contributed by atoms with Crippen molar-refractivity contribution in [2.75, 3.05) is 0 Å². The number of hydrogen-bond acceptors (Lipinski definition) is 3. The first-order valence-electron chi connectivity index (χ1n) is 10.8. The van der Waals surface area contributed by atoms with E-state index in [0.717, 1.165) is 46.1 Å². The fourth-order valence-corrected chi connectivity index (χ4v) is 5.61. The molecule has 2 aliphatic rings. The zero-order valence-electron chi connectivity index (χ0n) is 17.9. The molecule has 2 saturated carbocycles. The number of pyridine rings is 1. The van der Waals surface area contributed by atoms with Gasteiger partial charge in [-0.25, -0.2) is 4.98 Å². The normalized spacial score (nSPS) is 24.5. The summed E-state index contributed by atoms with van der Waals surface area (Å²) >= 11 is 0. The number of fused-ring (bicyclic) bond motifs is 3. The number of carbonyl (C=O) groups is 2. The molecule has 1 amide bonds. The summed E-state index contributed by atoms with van der Waals surface area (Å²) in [7, 11) is 0. The number of benzene rings is 2. The number of amides is 1. The van der Waals surface area contributed by atoms with Crippen LogP contribution in [-0.2, 0) is 4.79 Å². The van der Waals surface area contributed by atoms with Crippen molar-refractivity contribution in [3.05, 3.63) is 65.2 Å². The molecule has 2 bridgehead atoms. The molecule has 0 aliphatic heterocycles. The van der Waals surface area contributed by atoms with Crippen LogP contribution >= 0.6 is 0 Å². The van der Waals surface area contributed by atoms with E-state index in [0.29, 0.717) is 24.8 Å². The van der Waals surface area contributed by atoms with Gasteiger partial charge < -0.3 is 10.4 Å². The van der Waals surface area contributed by atoms with Crippen LogP contribution in [0.15, 0.2) is 48.5 Å². The Morgan fingerprint density at radius 3 is 2.35 bits per heavy atom. The summed E-state index contributed by atoms with van der Waals surface area (Å²) in [5, 5.41) is 13.8. The molecular weight excluding hydrogens is 388 g/mol. The maximum Gasteiger partial charge on any atom is 0.309 e. The van der Waals surface area contributed by atoms with Gasteiger partial charge in [0.15, 0.2) is 0 Å². The van der Waals surface area contributed by atoms with Gasteiger partial charge >= 0.3 is 5.97 Å². The van der Waals surface area contributed by atoms with Crippen molar-refractivity contribution < 1.29 is 14.7 Å². The zero-order valence-corrected chi connectivity index (χ0v) is 17.9. The van der Waals surface area contributed by atoms with E-state index >= 15 is 0 Å². The molecule has 0 unspecified atom stereocenters. The van der Waals surface area contributed by atoms with Gasteiger partial charge in [-0.1, -0.05) is 42.0 Å². The minimum absolute atomic E-state index is 0.129. The molecule has 2 aliphatic carbocycles. The van der Waals surface area contributed by atoms with Gasteiger partial charge in [-0.3, -0.25) is 9.59 Å². The number of rotatable bonds is 4. The Bertz CT molecular complexity index is 1210. The summed E-state index contributed by atoms with van der Waals surface area (Å²) in [6.07, 6.45) is 3.23. The van der Waals surface area contributed by atoms with Crippen LogP contribution in [0.3, 0.4) is 0 Å². The van der Waals surface area contributed by atoms with E-state index in [1.165, 1.54) is 0 Å². The third-order valence-electron chi connectivity index (χ3n) is 7.33. The lowest BCUT2D eigenvalue weighted by atomic mass is 9.84. The monoisotopic (exact) mass is 414 g/mol. The van der Waals surface area contributed by atoms with Crippen molar-refractivity contribution in [1.82, 2.24) is 10.3 Å². The molecule has 5 rings (SSSR count). The second kappa shape index (κ2) is 6.91. The molecule has 1 heterocycles. The van der Waals surface area contributed by atoms with Crippen molar-refractivity contribution in [1.29, 1.82) is 0 Å². The van der Waals surface area contributed by atoms with Crippen molar-refractivity contribution in [3.63, 3.8) is 0 Å². The van der Waals surface area contributed by atoms with Gasteiger partial charge in [-0.2, -0.15) is 0 Å². The first kappa shape index (κ1) is 19.7. The maximum atomic E-state index is 13.7. The molecule has 0 atom stereocenters. The van der Waals surface area contributed by atoms with Crippen molar-refractivity contribution >= 4 is 22.8 Å². The Hall–Kier alpha value is -3.21. The molecule has 3 aromatic rings. The van der Waals surface area contributed by atoms with Gasteiger partial charge in [0, 0.05) is 16.5 Å². The molecular formula is C26H26N2O3. The van der Waals surface area contributed by atoms with E-state index in [1.54, 1.807) is 0 Å². The minimum Gasteiger partial charge on any atom is -0.481 e. The number of hydrogen-bond donors (Lipinski definition) is 2. The van der Waals surface area contributed by atoms with Crippen LogP contribution in [0.2, 0.25) is 0 Å². The van der Waals surface area contributed by atoms with Crippen molar-refractivity contribution in [2.24, 2.45) is 5.41 Å². The molecule has 5 heteroatoms. The average molecular weight is 415 g/mol. The fraction of sp³-hybridized carbons (Fsp3) is 0.346. The van der Waals surface area contributed by atoms with Crippen LogP contribution in [0.5, 0.6) is 0 Å². The third-order valence-corrected chi connectivity index (χ3v) is 7.33. The van der Waals surface area contributed by atoms with Crippen LogP contribution < -0.4 is 5.32 Å². The smallest absolute Gasteiger partial charge is 0.309 e. The average Bonchev–Trinajstić information content (AvgIpc) is 3.31. The van der Waals surface area contributed by atoms with Gasteiger partial charge in [0.25, 0.3) is 5.91 Å². The van der Waals surface area contributed by atoms with Gasteiger partial charge in [0.05, 0.1) is 22.2 Å². The highest BCUT2D eigenvalue weighted by Gasteiger charge is 2.59. The topological polar surface area (TPSA) is 79.3 Å². The predicted molar refractivity (Wildman–Crippen MR) is 120 cm³/mol. The Morgan fingerprint density at radius 2 is 1.71 bits per heavy atom. The van der Waals surface area contributed by atoms with Gasteiger partial charge in [0.1, 0.15) is 0 Å². The first-order chi connectivity index (χ1) is 14.8. The molecule has 0 radical (unpaired) electrons. The van der Waals surface area contributed by atoms with Crippen LogP contribution in [0.4, 0.5) is 0 Å². The highest BCUT2D eigenvalue weighted by molar-refractivity contribution is 6.09. The Kier molecular flexibility index (Phi) is 4.40. The third kappa shape index (κ3) is 3.11. The first-order valence-corrected chi connectivity index (χ1v) is 10.8. The van der Waals surface area contributed by atoms with Crippen LogP contribution in [0, 0.1) is 19.3 Å². The number of aliphatic carboxylic acids is 1. The predicted octanol–water partition coefficient (Wildman–Crippen LogP) is 5.04. The molecule has 0 spiro atoms. The standard InChI is InChI=1S/C26H26N2O3/c1-16-8-9-20-19(14-16)21(17(2)22(27-20)18-6-4-3-5-7-18)23(29)28-26-12-10-25(15-26,11-13-26)24(30)31/h3-9,14H,10-13,15H2,1-2H3,(H,28,29)(H,30,31). The largest absolute Gasteiger partial charge is 0.481 e. The number of carbonyl (C=O) groups excluding carboxylic acids is 1. The van der Waals surface area contributed by atoms with Crippen LogP contribution in [0.1, 0.15) is 53.6 Å². The molecule has 5 nitrogen and oxygen atoms in total. The molecule has 2 N–H and O–H groups in total. The van der Waals surface area contributed by atoms with Crippen LogP contribution in [-0.4, -0.2) is 27.5 Å². The lowest BCUT2D eigenvalue weighted by Crippen LogP contribution is -2.45. The summed E-state index contributed by atoms with van der Waals surface area (Å²) in [6, 6.07) is 15.9. The number of nitrogens with zero attached hydrogens (tertiary/aromatic N) is 1. The van der Waals surface area contributed by atoms with E-state index < -0.39 is 16.9 Å². The number of nitrogens with one attached hydrogen (secondary N) is 1. The lowest BCUT2D eigenvalue weighted by molar-refractivity contribution is -0.148. The van der Waals surface area contributed by atoms with E-state index in [4.69, 9.17) is 4.98 Å². The van der Waals surface area contributed by atoms with E-state index in [2.05, 4.69) is 5.32 Å². The SMILES string of the molecule is Cc1ccc2nc(-c3ccccc3)c(C)c(C(=O)NC34CCC(C(=O)O)(CC3)C4)c2c1. The summed E-state index contributed by atoms with van der Waals surface area (Å²) in [4.78, 5) is 30.4. The Labute approximate surface area is 181 Å². The number of aromatic nitrogens is 1. The number of carboxylic acid groups (broad SMARTS) is 1. The summed E-state index contributed by atoms with van der Waals surface area (Å²) in [5.41, 5.74) is 4.03. The van der Waals surface area contributed by atoms with Gasteiger partial charge in [-0.15, -0.1) is 0 Å². The minimum atomic E-state index is -0.728. The Morgan fingerprint density at radius 1 is 1.00 bits per heavy atom. The second-order valence-corrected chi connectivity index (χ2v) is 9.34. The summed E-state index contributed by atoms with van der Waals surface area (Å²) in [5.74, 6) is -0.857. The Balaban J connectivity index is 1.60. The maximum absolute atomic E-state index is 13.7. The zero-order chi connectivity index (χ0) is 21.8. The highest BCUT2D eigenvalue weighted by Crippen LogP contribution is 2.56. The van der Waals surface area contributed by atoms with E-state index in [-0.39, 0.29) is 5.91 Å². The lowest BCUT2D eigenvalue weighted by Gasteiger charge is -2.29. The van der Waals surface area contributed by atoms with Crippen molar-refractivity contribution in [2.45, 2.75) is 51.5 Å². The fourth-order valence-electron chi connectivity index (χ4n) is 5.61. The van der Waals surface area contributed by atoms with Crippen molar-refractivity contribution in [3.8, 4) is 11.3 Å².